The van der Waals surface area contributed by atoms with Crippen LogP contribution in [0.5, 0.6) is 0 Å². The van der Waals surface area contributed by atoms with Gasteiger partial charge in [-0.2, -0.15) is 0 Å². The molecular weight excluding hydrogens is 436 g/mol. The minimum atomic E-state index is -0.232. The molecule has 174 valence electrons. The first kappa shape index (κ1) is 22.2. The lowest BCUT2D eigenvalue weighted by Gasteiger charge is -2.43. The van der Waals surface area contributed by atoms with Crippen LogP contribution in [0.3, 0.4) is 0 Å². The number of urea groups is 1. The average Bonchev–Trinajstić information content (AvgIpc) is 2.82. The van der Waals surface area contributed by atoms with E-state index in [1.807, 2.05) is 40.3 Å². The van der Waals surface area contributed by atoms with Gasteiger partial charge in [-0.15, -0.1) is 0 Å². The first-order chi connectivity index (χ1) is 15.9. The molecule has 0 radical (unpaired) electrons. The third kappa shape index (κ3) is 4.34. The number of amides is 2. The number of halogens is 1. The molecule has 0 aliphatic carbocycles. The second-order valence-corrected chi connectivity index (χ2v) is 10.2. The fourth-order valence-electron chi connectivity index (χ4n) is 4.99. The van der Waals surface area contributed by atoms with Gasteiger partial charge in [-0.3, -0.25) is 14.8 Å². The summed E-state index contributed by atoms with van der Waals surface area (Å²) in [5, 5.41) is 10.6. The molecule has 5 rings (SSSR count). The van der Waals surface area contributed by atoms with E-state index in [0.717, 1.165) is 60.7 Å². The summed E-state index contributed by atoms with van der Waals surface area (Å²) < 4.78 is 0. The Labute approximate surface area is 200 Å². The molecule has 1 unspecified atom stereocenters. The number of hydrogen-bond acceptors (Lipinski definition) is 4. The van der Waals surface area contributed by atoms with E-state index in [4.69, 9.17) is 16.6 Å². The number of anilines is 2. The molecule has 1 aromatic heterocycles. The monoisotopic (exact) mass is 466 g/mol. The van der Waals surface area contributed by atoms with Crippen LogP contribution in [0.25, 0.3) is 5.70 Å². The van der Waals surface area contributed by atoms with Gasteiger partial charge in [0.05, 0.1) is 35.9 Å². The van der Waals surface area contributed by atoms with E-state index < -0.39 is 0 Å². The number of aliphatic hydroxyl groups excluding tert-OH is 1. The highest BCUT2D eigenvalue weighted by Crippen LogP contribution is 2.41. The number of aromatic nitrogens is 1. The Morgan fingerprint density at radius 3 is 2.61 bits per heavy atom. The van der Waals surface area contributed by atoms with Gasteiger partial charge in [0.15, 0.2) is 0 Å². The van der Waals surface area contributed by atoms with Gasteiger partial charge in [-0.05, 0) is 54.9 Å². The number of pyridine rings is 1. The fraction of sp³-hybridized carbons (Fsp3) is 0.462. The molecule has 2 aromatic rings. The predicted octanol–water partition coefficient (Wildman–Crippen LogP) is 5.16. The number of fused-ring (bicyclic) bond motifs is 3. The van der Waals surface area contributed by atoms with Gasteiger partial charge in [0, 0.05) is 24.7 Å². The van der Waals surface area contributed by atoms with Crippen molar-refractivity contribution in [2.24, 2.45) is 11.8 Å². The van der Waals surface area contributed by atoms with Crippen LogP contribution in [-0.2, 0) is 6.54 Å². The Balaban J connectivity index is 1.54. The molecule has 0 bridgehead atoms. The molecule has 0 spiro atoms. The molecule has 1 fully saturated rings. The van der Waals surface area contributed by atoms with Crippen LogP contribution in [0.1, 0.15) is 44.4 Å². The topological polar surface area (TPSA) is 59.9 Å². The quantitative estimate of drug-likeness (QED) is 0.676. The predicted molar refractivity (Wildman–Crippen MR) is 132 cm³/mol. The van der Waals surface area contributed by atoms with Crippen LogP contribution < -0.4 is 9.80 Å². The number of carbonyl (C=O) groups is 1. The van der Waals surface area contributed by atoms with Crippen LogP contribution in [0.4, 0.5) is 16.2 Å². The molecule has 2 amide bonds. The van der Waals surface area contributed by atoms with Crippen LogP contribution in [-0.4, -0.2) is 46.8 Å². The molecular formula is C26H31ClN4O2. The summed E-state index contributed by atoms with van der Waals surface area (Å²) in [5.74, 6) is 0.946. The zero-order chi connectivity index (χ0) is 23.1. The first-order valence-electron chi connectivity index (χ1n) is 11.9. The molecule has 6 nitrogen and oxygen atoms in total. The summed E-state index contributed by atoms with van der Waals surface area (Å²) in [6, 6.07) is 9.76. The molecule has 3 aliphatic heterocycles. The Morgan fingerprint density at radius 1 is 1.18 bits per heavy atom. The SMILES string of the molecule is CC(C)C1CC=C2c3ncc(N4CCC(O)CC4)cc3N(Cc3ccc(Cl)cc3)C(=O)N2C1. The van der Waals surface area contributed by atoms with Crippen LogP contribution in [0, 0.1) is 11.8 Å². The molecule has 1 saturated heterocycles. The number of carbonyl (C=O) groups excluding carboxylic acids is 1. The van der Waals surface area contributed by atoms with Crippen molar-refractivity contribution in [2.45, 2.75) is 45.8 Å². The summed E-state index contributed by atoms with van der Waals surface area (Å²) in [6.45, 7) is 7.19. The van der Waals surface area contributed by atoms with Crippen LogP contribution in [0.15, 0.2) is 42.6 Å². The summed E-state index contributed by atoms with van der Waals surface area (Å²) in [6.07, 6.45) is 6.33. The van der Waals surface area contributed by atoms with Gasteiger partial charge in [-0.25, -0.2) is 4.79 Å². The van der Waals surface area contributed by atoms with Gasteiger partial charge in [0.25, 0.3) is 0 Å². The van der Waals surface area contributed by atoms with Crippen molar-refractivity contribution in [2.75, 3.05) is 29.4 Å². The second kappa shape index (κ2) is 8.99. The van der Waals surface area contributed by atoms with Crippen molar-refractivity contribution in [3.8, 4) is 0 Å². The van der Waals surface area contributed by atoms with Crippen molar-refractivity contribution in [3.05, 3.63) is 58.9 Å². The molecule has 4 heterocycles. The zero-order valence-corrected chi connectivity index (χ0v) is 20.0. The third-order valence-corrected chi connectivity index (χ3v) is 7.45. The normalized spacial score (nSPS) is 21.2. The molecule has 1 N–H and O–H groups in total. The van der Waals surface area contributed by atoms with E-state index in [1.54, 1.807) is 0 Å². The van der Waals surface area contributed by atoms with Crippen LogP contribution in [0.2, 0.25) is 5.02 Å². The third-order valence-electron chi connectivity index (χ3n) is 7.20. The van der Waals surface area contributed by atoms with E-state index >= 15 is 0 Å². The Bertz CT molecular complexity index is 1060. The minimum Gasteiger partial charge on any atom is -0.393 e. The van der Waals surface area contributed by atoms with E-state index in [-0.39, 0.29) is 12.1 Å². The maximum absolute atomic E-state index is 13.8. The van der Waals surface area contributed by atoms with Gasteiger partial charge in [-0.1, -0.05) is 43.7 Å². The van der Waals surface area contributed by atoms with Gasteiger partial charge >= 0.3 is 6.03 Å². The van der Waals surface area contributed by atoms with Gasteiger partial charge in [0.1, 0.15) is 5.69 Å². The summed E-state index contributed by atoms with van der Waals surface area (Å²) >= 11 is 6.09. The molecule has 7 heteroatoms. The number of piperidine rings is 1. The number of nitrogens with zero attached hydrogens (tertiary/aromatic N) is 4. The van der Waals surface area contributed by atoms with Crippen molar-refractivity contribution in [3.63, 3.8) is 0 Å². The number of benzene rings is 1. The maximum atomic E-state index is 13.8. The lowest BCUT2D eigenvalue weighted by Crippen LogP contribution is -2.49. The largest absolute Gasteiger partial charge is 0.393 e. The van der Waals surface area contributed by atoms with Crippen molar-refractivity contribution < 1.29 is 9.90 Å². The highest BCUT2D eigenvalue weighted by atomic mass is 35.5. The highest BCUT2D eigenvalue weighted by Gasteiger charge is 2.39. The molecule has 33 heavy (non-hydrogen) atoms. The van der Waals surface area contributed by atoms with Crippen molar-refractivity contribution in [1.82, 2.24) is 9.88 Å². The molecule has 0 saturated carbocycles. The number of hydrogen-bond donors (Lipinski definition) is 1. The smallest absolute Gasteiger partial charge is 0.329 e. The summed E-state index contributed by atoms with van der Waals surface area (Å²) in [4.78, 5) is 24.7. The van der Waals surface area contributed by atoms with E-state index in [1.165, 1.54) is 0 Å². The molecule has 1 aromatic carbocycles. The van der Waals surface area contributed by atoms with E-state index in [0.29, 0.717) is 29.9 Å². The van der Waals surface area contributed by atoms with Gasteiger partial charge < -0.3 is 10.0 Å². The summed E-state index contributed by atoms with van der Waals surface area (Å²) in [5.41, 5.74) is 4.67. The number of aliphatic hydroxyl groups is 1. The molecule has 1 atom stereocenters. The maximum Gasteiger partial charge on any atom is 0.329 e. The lowest BCUT2D eigenvalue weighted by atomic mass is 9.87. The Hall–Kier alpha value is -2.57. The standard InChI is InChI=1S/C26H31ClN4O2/c1-17(2)19-5-8-23-25-24(13-21(14-28-25)29-11-9-22(32)10-12-29)30(26(33)31(23)16-19)15-18-3-6-20(27)7-4-18/h3-4,6-8,13-14,17,19,22,32H,5,9-12,15-16H2,1-2H3. The average molecular weight is 467 g/mol. The fourth-order valence-corrected chi connectivity index (χ4v) is 5.11. The van der Waals surface area contributed by atoms with Crippen LogP contribution >= 0.6 is 11.6 Å². The molecule has 3 aliphatic rings. The Kier molecular flexibility index (Phi) is 6.06. The van der Waals surface area contributed by atoms with E-state index in [9.17, 15) is 9.90 Å². The zero-order valence-electron chi connectivity index (χ0n) is 19.2. The second-order valence-electron chi connectivity index (χ2n) is 9.71. The highest BCUT2D eigenvalue weighted by molar-refractivity contribution is 6.30. The number of rotatable bonds is 4. The Morgan fingerprint density at radius 2 is 1.91 bits per heavy atom. The first-order valence-corrected chi connectivity index (χ1v) is 12.3. The van der Waals surface area contributed by atoms with E-state index in [2.05, 4.69) is 30.9 Å². The number of allylic oxidation sites excluding steroid dienone is 1. The van der Waals surface area contributed by atoms with Crippen molar-refractivity contribution in [1.29, 1.82) is 0 Å². The summed E-state index contributed by atoms with van der Waals surface area (Å²) in [7, 11) is 0. The van der Waals surface area contributed by atoms with Crippen molar-refractivity contribution >= 4 is 34.7 Å². The lowest BCUT2D eigenvalue weighted by molar-refractivity contribution is 0.145. The minimum absolute atomic E-state index is 0.00191. The van der Waals surface area contributed by atoms with Gasteiger partial charge in [0.2, 0.25) is 0 Å².